The van der Waals surface area contributed by atoms with Crippen LogP contribution in [0.25, 0.3) is 16.9 Å². The van der Waals surface area contributed by atoms with Crippen molar-refractivity contribution in [3.05, 3.63) is 89.1 Å². The summed E-state index contributed by atoms with van der Waals surface area (Å²) in [5, 5.41) is 10.7. The van der Waals surface area contributed by atoms with Gasteiger partial charge in [0.1, 0.15) is 11.6 Å². The number of pyridine rings is 1. The molecule has 2 aromatic carbocycles. The van der Waals surface area contributed by atoms with Crippen molar-refractivity contribution in [2.45, 2.75) is 12.5 Å². The van der Waals surface area contributed by atoms with E-state index >= 15 is 0 Å². The second kappa shape index (κ2) is 10.4. The predicted octanol–water partition coefficient (Wildman–Crippen LogP) is 3.86. The van der Waals surface area contributed by atoms with Gasteiger partial charge in [-0.15, -0.1) is 0 Å². The van der Waals surface area contributed by atoms with E-state index in [-0.39, 0.29) is 28.2 Å². The second-order valence-electron chi connectivity index (χ2n) is 8.98. The number of nitrogen functional groups attached to an aromatic ring is 1. The maximum Gasteiger partial charge on any atom is 0.272 e. The molecule has 37 heavy (non-hydrogen) atoms. The Labute approximate surface area is 219 Å². The smallest absolute Gasteiger partial charge is 0.272 e. The van der Waals surface area contributed by atoms with Crippen LogP contribution in [0, 0.1) is 0 Å². The molecular weight excluding hydrogens is 490 g/mol. The van der Waals surface area contributed by atoms with E-state index in [1.54, 1.807) is 42.5 Å². The number of anilines is 2. The first-order valence-electron chi connectivity index (χ1n) is 11.9. The number of para-hydroxylation sites is 1. The summed E-state index contributed by atoms with van der Waals surface area (Å²) >= 11 is 6.40. The highest BCUT2D eigenvalue weighted by molar-refractivity contribution is 6.34. The van der Waals surface area contributed by atoms with Gasteiger partial charge >= 0.3 is 0 Å². The summed E-state index contributed by atoms with van der Waals surface area (Å²) in [6.07, 6.45) is 0.877. The lowest BCUT2D eigenvalue weighted by molar-refractivity contribution is 0.0932. The molecule has 0 bridgehead atoms. The fourth-order valence-corrected chi connectivity index (χ4v) is 4.52. The van der Waals surface area contributed by atoms with E-state index in [1.807, 2.05) is 37.4 Å². The van der Waals surface area contributed by atoms with Gasteiger partial charge < -0.3 is 21.3 Å². The topological polar surface area (TPSA) is 118 Å². The second-order valence-corrected chi connectivity index (χ2v) is 9.39. The lowest BCUT2D eigenvalue weighted by atomic mass is 10.1. The van der Waals surface area contributed by atoms with Crippen molar-refractivity contribution in [3.63, 3.8) is 0 Å². The SMILES string of the molecule is CN1CCC(NC(=O)c2cc(NC(=O)c3cc(-c4cccc(N)n4)ccc3Cl)n(-c3ccccc3)n2)C1. The molecule has 9 nitrogen and oxygen atoms in total. The maximum absolute atomic E-state index is 13.4. The Kier molecular flexibility index (Phi) is 6.89. The zero-order valence-corrected chi connectivity index (χ0v) is 20.9. The summed E-state index contributed by atoms with van der Waals surface area (Å²) in [5.41, 5.74) is 8.29. The third-order valence-corrected chi connectivity index (χ3v) is 6.52. The number of carbonyl (C=O) groups is 2. The Bertz CT molecular complexity index is 1450. The minimum atomic E-state index is -0.447. The molecule has 4 aromatic rings. The summed E-state index contributed by atoms with van der Waals surface area (Å²) in [4.78, 5) is 32.8. The number of benzene rings is 2. The predicted molar refractivity (Wildman–Crippen MR) is 144 cm³/mol. The number of hydrogen-bond donors (Lipinski definition) is 3. The van der Waals surface area contributed by atoms with Crippen molar-refractivity contribution in [3.8, 4) is 16.9 Å². The highest BCUT2D eigenvalue weighted by Gasteiger charge is 2.24. The van der Waals surface area contributed by atoms with Gasteiger partial charge in [0.05, 0.1) is 22.0 Å². The minimum absolute atomic E-state index is 0.0552. The van der Waals surface area contributed by atoms with E-state index in [1.165, 1.54) is 4.68 Å². The summed E-state index contributed by atoms with van der Waals surface area (Å²) < 4.78 is 1.53. The van der Waals surface area contributed by atoms with Gasteiger partial charge in [0.15, 0.2) is 5.69 Å². The molecule has 0 radical (unpaired) electrons. The Morgan fingerprint density at radius 3 is 2.57 bits per heavy atom. The standard InChI is InChI=1S/C27H26ClN7O2/c1-34-13-12-18(16-34)30-27(37)23-15-25(35(33-23)19-6-3-2-4-7-19)32-26(36)20-14-17(10-11-21(20)28)22-8-5-9-24(29)31-22/h2-11,14-15,18H,12-13,16H2,1H3,(H2,29,31)(H,30,37)(H,32,36). The van der Waals surface area contributed by atoms with E-state index in [4.69, 9.17) is 17.3 Å². The van der Waals surface area contributed by atoms with Crippen LogP contribution in [0.5, 0.6) is 0 Å². The highest BCUT2D eigenvalue weighted by Crippen LogP contribution is 2.26. The van der Waals surface area contributed by atoms with Gasteiger partial charge in [-0.3, -0.25) is 9.59 Å². The zero-order valence-electron chi connectivity index (χ0n) is 20.2. The number of nitrogens with one attached hydrogen (secondary N) is 2. The molecule has 10 heteroatoms. The average Bonchev–Trinajstić information content (AvgIpc) is 3.50. The van der Waals surface area contributed by atoms with Gasteiger partial charge in [-0.25, -0.2) is 9.67 Å². The van der Waals surface area contributed by atoms with Crippen LogP contribution in [0.2, 0.25) is 5.02 Å². The molecular formula is C27H26ClN7O2. The number of nitrogens with zero attached hydrogens (tertiary/aromatic N) is 4. The normalized spacial score (nSPS) is 15.5. The average molecular weight is 516 g/mol. The fourth-order valence-electron chi connectivity index (χ4n) is 4.31. The first kappa shape index (κ1) is 24.5. The van der Waals surface area contributed by atoms with Crippen LogP contribution in [-0.4, -0.2) is 57.7 Å². The number of halogens is 1. The Morgan fingerprint density at radius 2 is 1.84 bits per heavy atom. The molecule has 188 valence electrons. The minimum Gasteiger partial charge on any atom is -0.384 e. The molecule has 1 saturated heterocycles. The van der Waals surface area contributed by atoms with E-state index in [0.717, 1.165) is 19.5 Å². The van der Waals surface area contributed by atoms with E-state index in [2.05, 4.69) is 25.6 Å². The third kappa shape index (κ3) is 5.47. The van der Waals surface area contributed by atoms with Crippen LogP contribution >= 0.6 is 11.6 Å². The number of nitrogens with two attached hydrogens (primary N) is 1. The lowest BCUT2D eigenvalue weighted by Crippen LogP contribution is -2.36. The fraction of sp³-hybridized carbons (Fsp3) is 0.185. The number of likely N-dealkylation sites (tertiary alicyclic amines) is 1. The van der Waals surface area contributed by atoms with Gasteiger partial charge in [-0.2, -0.15) is 5.10 Å². The van der Waals surface area contributed by atoms with Crippen molar-refractivity contribution in [2.75, 3.05) is 31.2 Å². The molecule has 1 aliphatic heterocycles. The summed E-state index contributed by atoms with van der Waals surface area (Å²) in [6, 6.07) is 21.3. The van der Waals surface area contributed by atoms with Crippen molar-refractivity contribution in [2.24, 2.45) is 0 Å². The van der Waals surface area contributed by atoms with Gasteiger partial charge in [0.25, 0.3) is 11.8 Å². The van der Waals surface area contributed by atoms with Gasteiger partial charge in [-0.05, 0) is 56.4 Å². The van der Waals surface area contributed by atoms with Crippen molar-refractivity contribution < 1.29 is 9.59 Å². The molecule has 1 fully saturated rings. The lowest BCUT2D eigenvalue weighted by Gasteiger charge is -2.11. The largest absolute Gasteiger partial charge is 0.384 e. The summed E-state index contributed by atoms with van der Waals surface area (Å²) in [5.74, 6) is -0.0239. The molecule has 1 aliphatic rings. The van der Waals surface area contributed by atoms with Gasteiger partial charge in [-0.1, -0.05) is 41.9 Å². The number of amides is 2. The van der Waals surface area contributed by atoms with Crippen LogP contribution in [0.15, 0.2) is 72.8 Å². The molecule has 1 unspecified atom stereocenters. The quantitative estimate of drug-likeness (QED) is 0.359. The molecule has 1 atom stereocenters. The van der Waals surface area contributed by atoms with E-state index in [0.29, 0.717) is 28.6 Å². The third-order valence-electron chi connectivity index (χ3n) is 6.19. The van der Waals surface area contributed by atoms with E-state index < -0.39 is 5.91 Å². The van der Waals surface area contributed by atoms with Crippen molar-refractivity contribution >= 4 is 35.1 Å². The molecule has 0 aliphatic carbocycles. The Balaban J connectivity index is 1.44. The molecule has 2 amide bonds. The molecule has 0 spiro atoms. The van der Waals surface area contributed by atoms with Crippen LogP contribution in [-0.2, 0) is 0 Å². The molecule has 4 N–H and O–H groups in total. The highest BCUT2D eigenvalue weighted by atomic mass is 35.5. The number of carbonyl (C=O) groups excluding carboxylic acids is 2. The number of likely N-dealkylation sites (N-methyl/N-ethyl adjacent to an activating group) is 1. The van der Waals surface area contributed by atoms with Crippen LogP contribution in [0.1, 0.15) is 27.3 Å². The Morgan fingerprint density at radius 1 is 1.03 bits per heavy atom. The van der Waals surface area contributed by atoms with Crippen molar-refractivity contribution in [1.82, 2.24) is 25.0 Å². The first-order valence-corrected chi connectivity index (χ1v) is 12.2. The zero-order chi connectivity index (χ0) is 25.9. The van der Waals surface area contributed by atoms with Crippen LogP contribution in [0.3, 0.4) is 0 Å². The molecule has 0 saturated carbocycles. The summed E-state index contributed by atoms with van der Waals surface area (Å²) in [6.45, 7) is 1.71. The number of aromatic nitrogens is 3. The summed E-state index contributed by atoms with van der Waals surface area (Å²) in [7, 11) is 2.02. The first-order chi connectivity index (χ1) is 17.9. The maximum atomic E-state index is 13.4. The number of rotatable bonds is 6. The van der Waals surface area contributed by atoms with Gasteiger partial charge in [0.2, 0.25) is 0 Å². The van der Waals surface area contributed by atoms with Crippen LogP contribution in [0.4, 0.5) is 11.6 Å². The Hall–Kier alpha value is -4.21. The van der Waals surface area contributed by atoms with Crippen molar-refractivity contribution in [1.29, 1.82) is 0 Å². The van der Waals surface area contributed by atoms with Crippen LogP contribution < -0.4 is 16.4 Å². The molecule has 2 aromatic heterocycles. The van der Waals surface area contributed by atoms with E-state index in [9.17, 15) is 9.59 Å². The molecule has 5 rings (SSSR count). The monoisotopic (exact) mass is 515 g/mol. The molecule has 3 heterocycles. The number of hydrogen-bond acceptors (Lipinski definition) is 6. The van der Waals surface area contributed by atoms with Gasteiger partial charge in [0, 0.05) is 24.2 Å².